The maximum atomic E-state index is 3.71. The second-order valence-corrected chi connectivity index (χ2v) is 5.03. The Balaban J connectivity index is 0.00000144. The van der Waals surface area contributed by atoms with Gasteiger partial charge in [0.1, 0.15) is 0 Å². The molecule has 1 aliphatic rings. The molecule has 0 radical (unpaired) electrons. The van der Waals surface area contributed by atoms with Crippen LogP contribution in [0, 0.1) is 0 Å². The highest BCUT2D eigenvalue weighted by Crippen LogP contribution is 2.17. The summed E-state index contributed by atoms with van der Waals surface area (Å²) in [6.07, 6.45) is 12.0. The Kier molecular flexibility index (Phi) is 6.68. The van der Waals surface area contributed by atoms with Gasteiger partial charge in [-0.1, -0.05) is 32.1 Å². The summed E-state index contributed by atoms with van der Waals surface area (Å²) in [5, 5.41) is 3.71. The lowest BCUT2D eigenvalue weighted by molar-refractivity contribution is -0.00000353. The minimum atomic E-state index is 0. The predicted octanol–water partition coefficient (Wildman–Crippen LogP) is 0.232. The van der Waals surface area contributed by atoms with E-state index in [9.17, 15) is 0 Å². The Bertz CT molecular complexity index is 301. The monoisotopic (exact) mass is 255 g/mol. The second kappa shape index (κ2) is 7.78. The summed E-state index contributed by atoms with van der Waals surface area (Å²) >= 11 is 0. The summed E-state index contributed by atoms with van der Waals surface area (Å²) in [4.78, 5) is 0. The van der Waals surface area contributed by atoms with Crippen molar-refractivity contribution in [2.24, 2.45) is 7.05 Å². The van der Waals surface area contributed by atoms with Gasteiger partial charge in [0.05, 0.1) is 0 Å². The van der Waals surface area contributed by atoms with Crippen LogP contribution in [0.1, 0.15) is 50.6 Å². The first-order valence-corrected chi connectivity index (χ1v) is 6.70. The Labute approximate surface area is 111 Å². The first kappa shape index (κ1) is 14.6. The van der Waals surface area contributed by atoms with Crippen LogP contribution in [-0.2, 0) is 13.6 Å². The first-order chi connectivity index (χ1) is 7.86. The third-order valence-electron chi connectivity index (χ3n) is 3.73. The van der Waals surface area contributed by atoms with Crippen molar-refractivity contribution in [2.45, 2.75) is 57.5 Å². The fraction of sp³-hybridized carbons (Fsp3) is 0.714. The van der Waals surface area contributed by atoms with Gasteiger partial charge in [-0.2, -0.15) is 0 Å². The number of nitrogens with zero attached hydrogens (tertiary/aromatic N) is 1. The highest BCUT2D eigenvalue weighted by Gasteiger charge is 2.10. The molecule has 0 bridgehead atoms. The zero-order valence-electron chi connectivity index (χ0n) is 10.8. The van der Waals surface area contributed by atoms with E-state index in [0.29, 0.717) is 0 Å². The van der Waals surface area contributed by atoms with Crippen LogP contribution < -0.4 is 17.7 Å². The molecule has 2 rings (SSSR count). The van der Waals surface area contributed by atoms with Gasteiger partial charge < -0.3 is 22.3 Å². The van der Waals surface area contributed by atoms with E-state index >= 15 is 0 Å². The third-order valence-corrected chi connectivity index (χ3v) is 3.73. The van der Waals surface area contributed by atoms with E-state index in [1.165, 1.54) is 50.6 Å². The number of rotatable bonds is 3. The average Bonchev–Trinajstić information content (AvgIpc) is 2.63. The van der Waals surface area contributed by atoms with E-state index in [2.05, 4.69) is 35.3 Å². The van der Waals surface area contributed by atoms with Gasteiger partial charge in [-0.3, -0.25) is 0 Å². The van der Waals surface area contributed by atoms with Crippen molar-refractivity contribution in [3.05, 3.63) is 24.0 Å². The van der Waals surface area contributed by atoms with Crippen molar-refractivity contribution >= 4 is 0 Å². The van der Waals surface area contributed by atoms with Gasteiger partial charge in [-0.15, -0.1) is 0 Å². The molecule has 1 heterocycles. The molecule has 0 aromatic carbocycles. The number of hydrogen-bond acceptors (Lipinski definition) is 1. The highest BCUT2D eigenvalue weighted by molar-refractivity contribution is 5.06. The number of aromatic nitrogens is 1. The number of hydrogen-bond donors (Lipinski definition) is 1. The summed E-state index contributed by atoms with van der Waals surface area (Å²) in [5.41, 5.74) is 1.39. The lowest BCUT2D eigenvalue weighted by Crippen LogP contribution is -3.00. The number of aryl methyl sites for hydroxylation is 1. The Morgan fingerprint density at radius 1 is 1.18 bits per heavy atom. The lowest BCUT2D eigenvalue weighted by Gasteiger charge is -2.21. The van der Waals surface area contributed by atoms with E-state index in [-0.39, 0.29) is 12.4 Å². The first-order valence-electron chi connectivity index (χ1n) is 6.70. The summed E-state index contributed by atoms with van der Waals surface area (Å²) in [7, 11) is 2.12. The molecule has 0 saturated heterocycles. The molecule has 0 spiro atoms. The quantitative estimate of drug-likeness (QED) is 0.819. The molecule has 1 aromatic heterocycles. The van der Waals surface area contributed by atoms with Crippen LogP contribution >= 0.6 is 0 Å². The van der Waals surface area contributed by atoms with Crippen molar-refractivity contribution in [3.63, 3.8) is 0 Å². The van der Waals surface area contributed by atoms with E-state index in [1.807, 2.05) is 0 Å². The smallest absolute Gasteiger partial charge is 0.0361 e. The minimum absolute atomic E-state index is 0. The van der Waals surface area contributed by atoms with Crippen LogP contribution in [0.25, 0.3) is 0 Å². The molecule has 3 heteroatoms. The van der Waals surface area contributed by atoms with Gasteiger partial charge >= 0.3 is 0 Å². The summed E-state index contributed by atoms with van der Waals surface area (Å²) in [6.45, 7) is 1.02. The van der Waals surface area contributed by atoms with Gasteiger partial charge in [0.2, 0.25) is 0 Å². The zero-order valence-corrected chi connectivity index (χ0v) is 11.5. The fourth-order valence-electron chi connectivity index (χ4n) is 2.59. The van der Waals surface area contributed by atoms with Crippen LogP contribution in [0.15, 0.2) is 18.3 Å². The highest BCUT2D eigenvalue weighted by atomic mass is 35.5. The average molecular weight is 256 g/mol. The Hall–Kier alpha value is -0.470. The van der Waals surface area contributed by atoms with Crippen LogP contribution in [0.2, 0.25) is 0 Å². The Morgan fingerprint density at radius 3 is 2.41 bits per heavy atom. The molecule has 0 amide bonds. The zero-order chi connectivity index (χ0) is 11.2. The lowest BCUT2D eigenvalue weighted by atomic mass is 9.97. The topological polar surface area (TPSA) is 17.0 Å². The summed E-state index contributed by atoms with van der Waals surface area (Å²) in [5.74, 6) is 0. The van der Waals surface area contributed by atoms with Crippen molar-refractivity contribution in [3.8, 4) is 0 Å². The minimum Gasteiger partial charge on any atom is -1.00 e. The molecule has 1 aliphatic carbocycles. The molecule has 1 N–H and O–H groups in total. The van der Waals surface area contributed by atoms with Crippen molar-refractivity contribution in [1.29, 1.82) is 0 Å². The van der Waals surface area contributed by atoms with E-state index < -0.39 is 0 Å². The fourth-order valence-corrected chi connectivity index (χ4v) is 2.59. The molecule has 0 aliphatic heterocycles. The summed E-state index contributed by atoms with van der Waals surface area (Å²) < 4.78 is 2.20. The molecular formula is C14H24ClN2-. The van der Waals surface area contributed by atoms with Gasteiger partial charge in [0.25, 0.3) is 0 Å². The second-order valence-electron chi connectivity index (χ2n) is 5.03. The molecule has 2 nitrogen and oxygen atoms in total. The van der Waals surface area contributed by atoms with Crippen molar-refractivity contribution < 1.29 is 12.4 Å². The van der Waals surface area contributed by atoms with E-state index in [0.717, 1.165) is 12.6 Å². The van der Waals surface area contributed by atoms with Crippen molar-refractivity contribution in [1.82, 2.24) is 9.88 Å². The maximum Gasteiger partial charge on any atom is 0.0361 e. The number of halogens is 1. The van der Waals surface area contributed by atoms with Crippen LogP contribution in [0.3, 0.4) is 0 Å². The largest absolute Gasteiger partial charge is 1.00 e. The third kappa shape index (κ3) is 4.72. The van der Waals surface area contributed by atoms with Crippen LogP contribution in [-0.4, -0.2) is 10.6 Å². The molecule has 1 saturated carbocycles. The molecule has 1 aromatic rings. The van der Waals surface area contributed by atoms with E-state index in [4.69, 9.17) is 0 Å². The Morgan fingerprint density at radius 2 is 1.82 bits per heavy atom. The van der Waals surface area contributed by atoms with Gasteiger partial charge in [0.15, 0.2) is 0 Å². The normalized spacial score (nSPS) is 18.2. The number of nitrogens with one attached hydrogen (secondary N) is 1. The summed E-state index contributed by atoms with van der Waals surface area (Å²) in [6, 6.07) is 5.07. The molecule has 0 unspecified atom stereocenters. The molecule has 0 atom stereocenters. The van der Waals surface area contributed by atoms with Gasteiger partial charge in [0, 0.05) is 31.5 Å². The van der Waals surface area contributed by atoms with E-state index in [1.54, 1.807) is 0 Å². The van der Waals surface area contributed by atoms with Crippen LogP contribution in [0.5, 0.6) is 0 Å². The molecule has 98 valence electrons. The molecule has 17 heavy (non-hydrogen) atoms. The van der Waals surface area contributed by atoms with Crippen LogP contribution in [0.4, 0.5) is 0 Å². The standard InChI is InChI=1S/C14H24N2.ClH/c1-16-11-7-10-14(16)12-15-13-8-5-3-2-4-6-9-13;/h7,10-11,13,15H,2-6,8-9,12H2,1H3;1H/p-1. The maximum absolute atomic E-state index is 3.71. The predicted molar refractivity (Wildman–Crippen MR) is 68.4 cm³/mol. The molecular weight excluding hydrogens is 232 g/mol. The SMILES string of the molecule is Cn1cccc1CNC1CCCCCCC1.[Cl-]. The van der Waals surface area contributed by atoms with Gasteiger partial charge in [-0.25, -0.2) is 0 Å². The van der Waals surface area contributed by atoms with Gasteiger partial charge in [-0.05, 0) is 25.0 Å². The van der Waals surface area contributed by atoms with Crippen molar-refractivity contribution in [2.75, 3.05) is 0 Å². The molecule has 1 fully saturated rings.